The molecule has 1 saturated carbocycles. The normalized spacial score (nSPS) is 12.3. The van der Waals surface area contributed by atoms with E-state index in [1.54, 1.807) is 6.07 Å². The number of carbonyl (C=O) groups excluding carboxylic acids is 3. The van der Waals surface area contributed by atoms with E-state index in [-0.39, 0.29) is 34.2 Å². The zero-order chi connectivity index (χ0) is 40.4. The van der Waals surface area contributed by atoms with Crippen molar-refractivity contribution < 1.29 is 55.3 Å². The van der Waals surface area contributed by atoms with Crippen molar-refractivity contribution in [3.05, 3.63) is 127 Å². The topological polar surface area (TPSA) is 218 Å². The summed E-state index contributed by atoms with van der Waals surface area (Å²) in [5.74, 6) is -3.44. The van der Waals surface area contributed by atoms with E-state index in [0.29, 0.717) is 16.5 Å². The molecule has 16 nitrogen and oxygen atoms in total. The summed E-state index contributed by atoms with van der Waals surface area (Å²) in [7, 11) is -0.492. The number of hydrogen-bond donors (Lipinski definition) is 1. The molecule has 6 rings (SSSR count). The van der Waals surface area contributed by atoms with Gasteiger partial charge in [0.15, 0.2) is 0 Å². The van der Waals surface area contributed by atoms with Crippen LogP contribution in [0.25, 0.3) is 22.3 Å². The summed E-state index contributed by atoms with van der Waals surface area (Å²) in [4.78, 5) is 56.8. The predicted octanol–water partition coefficient (Wildman–Crippen LogP) is 6.79. The molecule has 55 heavy (non-hydrogen) atoms. The summed E-state index contributed by atoms with van der Waals surface area (Å²) in [6.45, 7) is 0. The zero-order valence-electron chi connectivity index (χ0n) is 29.3. The number of carbonyl (C=O) groups is 3. The molecule has 0 saturated heterocycles. The van der Waals surface area contributed by atoms with Crippen LogP contribution in [0.3, 0.4) is 0 Å². The second-order valence-corrected chi connectivity index (χ2v) is 13.8. The van der Waals surface area contributed by atoms with Crippen molar-refractivity contribution in [2.75, 3.05) is 31.8 Å². The Labute approximate surface area is 310 Å². The maximum Gasteiger partial charge on any atom is 0.344 e. The van der Waals surface area contributed by atoms with Crippen LogP contribution in [-0.4, -0.2) is 63.6 Å². The number of nitro groups is 2. The Hall–Kier alpha value is -6.76. The van der Waals surface area contributed by atoms with E-state index >= 15 is 0 Å². The Bertz CT molecular complexity index is 2480. The van der Waals surface area contributed by atoms with Crippen LogP contribution in [0.4, 0.5) is 31.5 Å². The van der Waals surface area contributed by atoms with E-state index in [9.17, 15) is 51.8 Å². The van der Waals surface area contributed by atoms with Crippen molar-refractivity contribution in [1.29, 1.82) is 0 Å². The van der Waals surface area contributed by atoms with Crippen molar-refractivity contribution >= 4 is 61.6 Å². The Morgan fingerprint density at radius 3 is 1.89 bits per heavy atom. The third kappa shape index (κ3) is 8.25. The average molecular weight is 781 g/mol. The number of sulfonamides is 1. The third-order valence-corrected chi connectivity index (χ3v) is 9.41. The number of benzene rings is 4. The molecule has 1 aliphatic rings. The van der Waals surface area contributed by atoms with Crippen LogP contribution in [-0.2, 0) is 19.5 Å². The summed E-state index contributed by atoms with van der Waals surface area (Å²) >= 11 is 0. The molecule has 1 aliphatic carbocycles. The van der Waals surface area contributed by atoms with Gasteiger partial charge in [-0.1, -0.05) is 0 Å². The number of furan rings is 1. The summed E-state index contributed by atoms with van der Waals surface area (Å²) in [5.41, 5.74) is -0.218. The fraction of sp³-hybridized carbons (Fsp3) is 0.194. The smallest absolute Gasteiger partial charge is 0.344 e. The largest absolute Gasteiger partial charge is 0.465 e. The number of anilines is 2. The first-order valence-electron chi connectivity index (χ1n) is 16.0. The first-order chi connectivity index (χ1) is 26.0. The molecule has 4 aromatic carbocycles. The van der Waals surface area contributed by atoms with E-state index in [1.807, 2.05) is 0 Å². The first-order valence-corrected chi connectivity index (χ1v) is 17.8. The lowest BCUT2D eigenvalue weighted by Crippen LogP contribution is -2.26. The number of nitrogens with one attached hydrogen (secondary N) is 1. The molecule has 1 fully saturated rings. The van der Waals surface area contributed by atoms with Gasteiger partial charge in [-0.05, 0) is 78.9 Å². The monoisotopic (exact) mass is 780 g/mol. The standard InChI is InChI=1S/C28H24FN3O8S.C8H6FNO4/c1-30-27(33)25-21-13-19(15-4-5-15)23(14-24(21)40-26(25)16-6-8-17(29)9-7-16)31(41(3,37)38)18-10-11-22(32(35)36)20(12-18)28(34)39-2;1-14-8(11)6-4-5(9)2-3-7(6)10(12)13/h6-15H,4-5H2,1-3H3,(H,30,33);2-4H,1H3. The van der Waals surface area contributed by atoms with Crippen LogP contribution < -0.4 is 9.62 Å². The average Bonchev–Trinajstić information content (AvgIpc) is 3.93. The lowest BCUT2D eigenvalue weighted by molar-refractivity contribution is -0.385. The molecule has 0 bridgehead atoms. The van der Waals surface area contributed by atoms with Crippen molar-refractivity contribution in [1.82, 2.24) is 5.32 Å². The van der Waals surface area contributed by atoms with Crippen LogP contribution in [0.5, 0.6) is 0 Å². The molecule has 0 aliphatic heterocycles. The highest BCUT2D eigenvalue weighted by molar-refractivity contribution is 7.92. The molecule has 5 aromatic rings. The van der Waals surface area contributed by atoms with Crippen LogP contribution in [0, 0.1) is 31.9 Å². The van der Waals surface area contributed by atoms with Gasteiger partial charge in [0.2, 0.25) is 10.0 Å². The van der Waals surface area contributed by atoms with Crippen LogP contribution in [0.1, 0.15) is 55.4 Å². The first kappa shape index (κ1) is 39.4. The highest BCUT2D eigenvalue weighted by atomic mass is 32.2. The Morgan fingerprint density at radius 1 is 0.836 bits per heavy atom. The number of fused-ring (bicyclic) bond motifs is 1. The molecule has 1 heterocycles. The Morgan fingerprint density at radius 2 is 1.38 bits per heavy atom. The lowest BCUT2D eigenvalue weighted by atomic mass is 10.00. The second-order valence-electron chi connectivity index (χ2n) is 12.0. The summed E-state index contributed by atoms with van der Waals surface area (Å²) < 4.78 is 68.9. The maximum atomic E-state index is 13.6. The summed E-state index contributed by atoms with van der Waals surface area (Å²) in [6, 6.07) is 14.5. The van der Waals surface area contributed by atoms with Gasteiger partial charge >= 0.3 is 11.9 Å². The number of amides is 1. The van der Waals surface area contributed by atoms with Crippen molar-refractivity contribution in [2.24, 2.45) is 0 Å². The molecule has 0 spiro atoms. The maximum absolute atomic E-state index is 13.6. The van der Waals surface area contributed by atoms with Gasteiger partial charge in [0.1, 0.15) is 34.1 Å². The zero-order valence-corrected chi connectivity index (χ0v) is 30.1. The highest BCUT2D eigenvalue weighted by Crippen LogP contribution is 2.49. The summed E-state index contributed by atoms with van der Waals surface area (Å²) in [5, 5.41) is 25.0. The predicted molar refractivity (Wildman–Crippen MR) is 193 cm³/mol. The van der Waals surface area contributed by atoms with Gasteiger partial charge in [-0.2, -0.15) is 0 Å². The SMILES string of the molecule is CNC(=O)c1c(-c2ccc(F)cc2)oc2cc(N(c3ccc([N+](=O)[O-])c(C(=O)OC)c3)S(C)(=O)=O)c(C3CC3)cc12.COC(=O)c1cc(F)ccc1[N+](=O)[O-]. The molecule has 1 amide bonds. The van der Waals surface area contributed by atoms with E-state index in [1.165, 1.54) is 43.4 Å². The minimum absolute atomic E-state index is 0.0292. The van der Waals surface area contributed by atoms with Gasteiger partial charge in [0.25, 0.3) is 17.3 Å². The number of esters is 2. The minimum Gasteiger partial charge on any atom is -0.465 e. The number of nitro benzene ring substituents is 2. The molecular weight excluding hydrogens is 750 g/mol. The van der Waals surface area contributed by atoms with Gasteiger partial charge in [0.05, 0.1) is 47.3 Å². The van der Waals surface area contributed by atoms with E-state index in [0.717, 1.165) is 68.0 Å². The van der Waals surface area contributed by atoms with Crippen molar-refractivity contribution in [3.8, 4) is 11.3 Å². The van der Waals surface area contributed by atoms with Gasteiger partial charge in [-0.15, -0.1) is 0 Å². The molecular formula is C36H30F2N4O12S. The van der Waals surface area contributed by atoms with Gasteiger partial charge in [0, 0.05) is 36.2 Å². The lowest BCUT2D eigenvalue weighted by Gasteiger charge is -2.25. The molecule has 1 N–H and O–H groups in total. The molecule has 0 radical (unpaired) electrons. The van der Waals surface area contributed by atoms with Gasteiger partial charge in [-0.25, -0.2) is 31.1 Å². The number of rotatable bonds is 10. The summed E-state index contributed by atoms with van der Waals surface area (Å²) in [6.07, 6.45) is 2.50. The number of hydrogen-bond acceptors (Lipinski definition) is 12. The highest BCUT2D eigenvalue weighted by Gasteiger charge is 2.35. The van der Waals surface area contributed by atoms with Crippen LogP contribution >= 0.6 is 0 Å². The van der Waals surface area contributed by atoms with Gasteiger partial charge < -0.3 is 19.2 Å². The fourth-order valence-corrected chi connectivity index (χ4v) is 6.75. The van der Waals surface area contributed by atoms with Gasteiger partial charge in [-0.3, -0.25) is 25.0 Å². The molecule has 1 aromatic heterocycles. The quantitative estimate of drug-likeness (QED) is 0.0880. The van der Waals surface area contributed by atoms with E-state index in [4.69, 9.17) is 9.15 Å². The second kappa shape index (κ2) is 15.7. The van der Waals surface area contributed by atoms with Crippen LogP contribution in [0.2, 0.25) is 0 Å². The minimum atomic E-state index is -4.08. The number of methoxy groups -OCH3 is 2. The van der Waals surface area contributed by atoms with E-state index in [2.05, 4.69) is 10.1 Å². The van der Waals surface area contributed by atoms with Crippen LogP contribution in [0.15, 0.2) is 77.2 Å². The van der Waals surface area contributed by atoms with Crippen molar-refractivity contribution in [2.45, 2.75) is 18.8 Å². The Balaban J connectivity index is 0.000000350. The molecule has 0 atom stereocenters. The molecule has 19 heteroatoms. The molecule has 286 valence electrons. The number of ether oxygens (including phenoxy) is 2. The molecule has 0 unspecified atom stereocenters. The Kier molecular flexibility index (Phi) is 11.3. The number of halogens is 2. The van der Waals surface area contributed by atoms with Crippen molar-refractivity contribution in [3.63, 3.8) is 0 Å². The third-order valence-electron chi connectivity index (χ3n) is 8.34. The van der Waals surface area contributed by atoms with E-state index < -0.39 is 71.9 Å². The number of nitrogens with zero attached hydrogens (tertiary/aromatic N) is 3. The fourth-order valence-electron chi connectivity index (χ4n) is 5.73.